The van der Waals surface area contributed by atoms with Gasteiger partial charge in [0.2, 0.25) is 5.91 Å². The minimum absolute atomic E-state index is 0.251. The number of likely N-dealkylation sites (tertiary alicyclic amines) is 1. The number of carbonyl (C=O) groups is 2. The number of benzene rings is 1. The van der Waals surface area contributed by atoms with Gasteiger partial charge in [0, 0.05) is 19.3 Å². The molecule has 1 saturated heterocycles. The molecule has 1 aliphatic heterocycles. The molecule has 7 heteroatoms. The molecular formula is C15H15FN4O2. The average Bonchev–Trinajstić information content (AvgIpc) is 3.16. The van der Waals surface area contributed by atoms with Gasteiger partial charge in [-0.3, -0.25) is 9.59 Å². The van der Waals surface area contributed by atoms with E-state index in [0.29, 0.717) is 25.2 Å². The van der Waals surface area contributed by atoms with Crippen LogP contribution in [0.3, 0.4) is 0 Å². The topological polar surface area (TPSA) is 81.2 Å². The summed E-state index contributed by atoms with van der Waals surface area (Å²) in [6.45, 7) is 0.806. The lowest BCUT2D eigenvalue weighted by molar-refractivity contribution is -0.121. The van der Waals surface area contributed by atoms with E-state index in [0.717, 1.165) is 0 Å². The highest BCUT2D eigenvalue weighted by atomic mass is 19.1. The van der Waals surface area contributed by atoms with E-state index in [9.17, 15) is 14.0 Å². The number of halogens is 1. The first-order chi connectivity index (χ1) is 10.5. The van der Waals surface area contributed by atoms with Crippen molar-refractivity contribution in [2.45, 2.75) is 6.42 Å². The first kappa shape index (κ1) is 14.2. The molecule has 0 bridgehead atoms. The van der Waals surface area contributed by atoms with Gasteiger partial charge in [-0.05, 0) is 30.7 Å². The largest absolute Gasteiger partial charge is 0.369 e. The third-order valence-corrected chi connectivity index (χ3v) is 3.76. The number of hydrogen-bond acceptors (Lipinski definition) is 3. The van der Waals surface area contributed by atoms with Crippen molar-refractivity contribution in [3.8, 4) is 5.69 Å². The van der Waals surface area contributed by atoms with Crippen LogP contribution in [0.15, 0.2) is 36.5 Å². The number of rotatable bonds is 3. The maximum atomic E-state index is 13.2. The summed E-state index contributed by atoms with van der Waals surface area (Å²) in [5.74, 6) is -1.31. The van der Waals surface area contributed by atoms with Crippen LogP contribution in [0.25, 0.3) is 5.69 Å². The SMILES string of the molecule is NC(=O)[C@H]1CCN(C(=O)c2ccn(-c3cccc(F)c3)n2)C1. The van der Waals surface area contributed by atoms with Gasteiger partial charge in [0.25, 0.3) is 5.91 Å². The van der Waals surface area contributed by atoms with E-state index in [1.807, 2.05) is 0 Å². The summed E-state index contributed by atoms with van der Waals surface area (Å²) in [7, 11) is 0. The van der Waals surface area contributed by atoms with Gasteiger partial charge >= 0.3 is 0 Å². The number of hydrogen-bond donors (Lipinski definition) is 1. The van der Waals surface area contributed by atoms with Gasteiger partial charge in [0.05, 0.1) is 11.6 Å². The zero-order valence-corrected chi connectivity index (χ0v) is 11.8. The molecule has 2 N–H and O–H groups in total. The molecule has 0 unspecified atom stereocenters. The van der Waals surface area contributed by atoms with Gasteiger partial charge in [0.15, 0.2) is 5.69 Å². The van der Waals surface area contributed by atoms with E-state index >= 15 is 0 Å². The molecule has 6 nitrogen and oxygen atoms in total. The predicted molar refractivity (Wildman–Crippen MR) is 76.7 cm³/mol. The molecule has 2 heterocycles. The molecule has 22 heavy (non-hydrogen) atoms. The summed E-state index contributed by atoms with van der Waals surface area (Å²) in [6.07, 6.45) is 2.18. The number of aromatic nitrogens is 2. The van der Waals surface area contributed by atoms with Crippen LogP contribution in [0, 0.1) is 11.7 Å². The smallest absolute Gasteiger partial charge is 0.274 e. The summed E-state index contributed by atoms with van der Waals surface area (Å²) in [6, 6.07) is 7.52. The van der Waals surface area contributed by atoms with Crippen LogP contribution in [0.5, 0.6) is 0 Å². The fraction of sp³-hybridized carbons (Fsp3) is 0.267. The van der Waals surface area contributed by atoms with E-state index in [-0.39, 0.29) is 29.2 Å². The second-order valence-electron chi connectivity index (χ2n) is 5.26. The van der Waals surface area contributed by atoms with E-state index in [1.165, 1.54) is 16.8 Å². The Balaban J connectivity index is 1.77. The van der Waals surface area contributed by atoms with Crippen LogP contribution in [0.1, 0.15) is 16.9 Å². The van der Waals surface area contributed by atoms with Crippen molar-refractivity contribution in [2.24, 2.45) is 11.7 Å². The second kappa shape index (κ2) is 5.59. The fourth-order valence-electron chi connectivity index (χ4n) is 2.54. The summed E-state index contributed by atoms with van der Waals surface area (Å²) >= 11 is 0. The van der Waals surface area contributed by atoms with Gasteiger partial charge in [-0.15, -0.1) is 0 Å². The van der Waals surface area contributed by atoms with Gasteiger partial charge in [-0.25, -0.2) is 9.07 Å². The second-order valence-corrected chi connectivity index (χ2v) is 5.26. The van der Waals surface area contributed by atoms with Crippen LogP contribution >= 0.6 is 0 Å². The highest BCUT2D eigenvalue weighted by Gasteiger charge is 2.31. The van der Waals surface area contributed by atoms with E-state index in [4.69, 9.17) is 5.73 Å². The molecule has 0 spiro atoms. The Labute approximate surface area is 126 Å². The van der Waals surface area contributed by atoms with Crippen molar-refractivity contribution in [2.75, 3.05) is 13.1 Å². The van der Waals surface area contributed by atoms with Gasteiger partial charge in [-0.2, -0.15) is 5.10 Å². The molecule has 0 saturated carbocycles. The minimum atomic E-state index is -0.388. The van der Waals surface area contributed by atoms with Gasteiger partial charge in [-0.1, -0.05) is 6.07 Å². The van der Waals surface area contributed by atoms with Crippen LogP contribution in [0.4, 0.5) is 4.39 Å². The number of primary amides is 1. The highest BCUT2D eigenvalue weighted by Crippen LogP contribution is 2.18. The Hall–Kier alpha value is -2.70. The normalized spacial score (nSPS) is 17.7. The summed E-state index contributed by atoms with van der Waals surface area (Å²) < 4.78 is 14.7. The van der Waals surface area contributed by atoms with Crippen molar-refractivity contribution >= 4 is 11.8 Å². The Bertz CT molecular complexity index is 728. The Morgan fingerprint density at radius 2 is 2.14 bits per heavy atom. The molecule has 2 aromatic rings. The quantitative estimate of drug-likeness (QED) is 0.917. The minimum Gasteiger partial charge on any atom is -0.369 e. The molecule has 3 rings (SSSR count). The van der Waals surface area contributed by atoms with E-state index in [1.54, 1.807) is 29.3 Å². The first-order valence-corrected chi connectivity index (χ1v) is 6.95. The van der Waals surface area contributed by atoms with E-state index < -0.39 is 0 Å². The summed E-state index contributed by atoms with van der Waals surface area (Å²) in [5, 5.41) is 4.18. The zero-order chi connectivity index (χ0) is 15.7. The molecule has 0 radical (unpaired) electrons. The van der Waals surface area contributed by atoms with Crippen molar-refractivity contribution in [1.82, 2.24) is 14.7 Å². The number of nitrogens with two attached hydrogens (primary N) is 1. The van der Waals surface area contributed by atoms with Crippen LogP contribution in [-0.2, 0) is 4.79 Å². The molecule has 1 fully saturated rings. The maximum absolute atomic E-state index is 13.2. The third kappa shape index (κ3) is 2.69. The number of carbonyl (C=O) groups excluding carboxylic acids is 2. The molecule has 0 aliphatic carbocycles. The zero-order valence-electron chi connectivity index (χ0n) is 11.8. The lowest BCUT2D eigenvalue weighted by Gasteiger charge is -2.14. The average molecular weight is 302 g/mol. The fourth-order valence-corrected chi connectivity index (χ4v) is 2.54. The molecule has 2 amide bonds. The molecule has 114 valence electrons. The third-order valence-electron chi connectivity index (χ3n) is 3.76. The van der Waals surface area contributed by atoms with Gasteiger partial charge < -0.3 is 10.6 Å². The van der Waals surface area contributed by atoms with Crippen molar-refractivity contribution < 1.29 is 14.0 Å². The molecule has 1 aromatic carbocycles. The summed E-state index contributed by atoms with van der Waals surface area (Å²) in [4.78, 5) is 25.1. The standard InChI is InChI=1S/C15H15FN4O2/c16-11-2-1-3-12(8-11)20-7-5-13(18-20)15(22)19-6-4-10(9-19)14(17)21/h1-3,5,7-8,10H,4,6,9H2,(H2,17,21)/t10-/m0/s1. The monoisotopic (exact) mass is 302 g/mol. The van der Waals surface area contributed by atoms with Crippen molar-refractivity contribution in [3.63, 3.8) is 0 Å². The van der Waals surface area contributed by atoms with Crippen LogP contribution < -0.4 is 5.73 Å². The Kier molecular flexibility index (Phi) is 3.62. The lowest BCUT2D eigenvalue weighted by atomic mass is 10.1. The highest BCUT2D eigenvalue weighted by molar-refractivity contribution is 5.93. The summed E-state index contributed by atoms with van der Waals surface area (Å²) in [5.41, 5.74) is 6.06. The number of amides is 2. The molecule has 1 aromatic heterocycles. The lowest BCUT2D eigenvalue weighted by Crippen LogP contribution is -2.32. The van der Waals surface area contributed by atoms with Crippen molar-refractivity contribution in [1.29, 1.82) is 0 Å². The molecular weight excluding hydrogens is 287 g/mol. The van der Waals surface area contributed by atoms with E-state index in [2.05, 4.69) is 5.10 Å². The first-order valence-electron chi connectivity index (χ1n) is 6.95. The number of nitrogens with zero attached hydrogens (tertiary/aromatic N) is 3. The van der Waals surface area contributed by atoms with Crippen molar-refractivity contribution in [3.05, 3.63) is 48.0 Å². The Morgan fingerprint density at radius 3 is 2.82 bits per heavy atom. The molecule has 1 aliphatic rings. The Morgan fingerprint density at radius 1 is 1.32 bits per heavy atom. The van der Waals surface area contributed by atoms with Gasteiger partial charge in [0.1, 0.15) is 5.82 Å². The predicted octanol–water partition coefficient (Wildman–Crippen LogP) is 0.959. The molecule has 1 atom stereocenters. The van der Waals surface area contributed by atoms with Crippen LogP contribution in [0.2, 0.25) is 0 Å². The maximum Gasteiger partial charge on any atom is 0.274 e. The van der Waals surface area contributed by atoms with Crippen LogP contribution in [-0.4, -0.2) is 39.6 Å².